The summed E-state index contributed by atoms with van der Waals surface area (Å²) >= 11 is 0. The largest absolute Gasteiger partial charge is 0.394 e. The van der Waals surface area contributed by atoms with Gasteiger partial charge in [0.15, 0.2) is 25.2 Å². The number of amides is 1. The zero-order valence-corrected chi connectivity index (χ0v) is 54.1. The summed E-state index contributed by atoms with van der Waals surface area (Å²) < 4.78 is 45.8. The summed E-state index contributed by atoms with van der Waals surface area (Å²) in [6.07, 6.45) is 7.51. The lowest BCUT2D eigenvalue weighted by Crippen LogP contribution is -2.67. The summed E-state index contributed by atoms with van der Waals surface area (Å²) in [7, 11) is 0. The van der Waals surface area contributed by atoms with Gasteiger partial charge in [0.25, 0.3) is 0 Å². The monoisotopic (exact) mass is 1300 g/mol. The average Bonchev–Trinajstić information content (AvgIpc) is 2.83. The van der Waals surface area contributed by atoms with Crippen molar-refractivity contribution in [3.05, 3.63) is 24.3 Å². The number of carbonyl (C=O) groups excluding carboxylic acids is 1. The Hall–Kier alpha value is -1.93. The number of aliphatic hydroxyl groups is 14. The molecule has 24 nitrogen and oxygen atoms in total. The van der Waals surface area contributed by atoms with Gasteiger partial charge in [-0.25, -0.2) is 0 Å². The van der Waals surface area contributed by atoms with Crippen LogP contribution in [0.25, 0.3) is 0 Å². The molecule has 4 fully saturated rings. The molecule has 4 heterocycles. The average molecular weight is 1300 g/mol. The molecule has 0 aromatic heterocycles. The van der Waals surface area contributed by atoms with E-state index in [4.69, 9.17) is 37.9 Å². The fourth-order valence-corrected chi connectivity index (χ4v) is 12.1. The lowest BCUT2D eigenvalue weighted by molar-refractivity contribution is -0.389. The van der Waals surface area contributed by atoms with Crippen molar-refractivity contribution < 1.29 is 114 Å². The number of unbranched alkanes of at least 4 members (excludes halogenated alkanes) is 28. The Labute approximate surface area is 535 Å². The molecular weight excluding hydrogens is 1170 g/mol. The Morgan fingerprint density at radius 1 is 0.389 bits per heavy atom. The number of aliphatic hydroxyl groups excluding tert-OH is 14. The molecule has 0 saturated carbocycles. The number of ether oxygens (including phenoxy) is 8. The first kappa shape index (κ1) is 80.5. The van der Waals surface area contributed by atoms with Crippen molar-refractivity contribution in [1.82, 2.24) is 5.32 Å². The number of rotatable bonds is 49. The van der Waals surface area contributed by atoms with Gasteiger partial charge in [0.1, 0.15) is 97.7 Å². The first-order valence-electron chi connectivity index (χ1n) is 34.6. The van der Waals surface area contributed by atoms with E-state index in [0.29, 0.717) is 12.8 Å². The first-order valence-corrected chi connectivity index (χ1v) is 34.6. The molecule has 0 spiro atoms. The van der Waals surface area contributed by atoms with E-state index in [1.807, 2.05) is 6.08 Å². The normalized spacial score (nSPS) is 33.3. The third-order valence-electron chi connectivity index (χ3n) is 17.9. The minimum Gasteiger partial charge on any atom is -0.394 e. The molecule has 4 rings (SSSR count). The molecule has 528 valence electrons. The van der Waals surface area contributed by atoms with Crippen molar-refractivity contribution in [2.45, 2.75) is 354 Å². The van der Waals surface area contributed by atoms with Crippen molar-refractivity contribution in [3.8, 4) is 0 Å². The number of hydrogen-bond donors (Lipinski definition) is 15. The van der Waals surface area contributed by atoms with Crippen LogP contribution in [-0.2, 0) is 42.7 Å². The fraction of sp³-hybridized carbons (Fsp3) is 0.924. The molecule has 0 bridgehead atoms. The maximum absolute atomic E-state index is 13.4. The molecule has 0 aromatic carbocycles. The van der Waals surface area contributed by atoms with Crippen LogP contribution < -0.4 is 5.32 Å². The van der Waals surface area contributed by atoms with Crippen molar-refractivity contribution in [2.24, 2.45) is 0 Å². The summed E-state index contributed by atoms with van der Waals surface area (Å²) in [6.45, 7) is 0.556. The van der Waals surface area contributed by atoms with Crippen molar-refractivity contribution in [2.75, 3.05) is 33.0 Å². The van der Waals surface area contributed by atoms with E-state index in [9.17, 15) is 76.3 Å². The van der Waals surface area contributed by atoms with Crippen LogP contribution in [-0.4, -0.2) is 245 Å². The summed E-state index contributed by atoms with van der Waals surface area (Å²) in [5.41, 5.74) is 0. The van der Waals surface area contributed by atoms with Crippen LogP contribution in [0.15, 0.2) is 24.3 Å². The molecule has 22 atom stereocenters. The highest BCUT2D eigenvalue weighted by atomic mass is 16.8. The Morgan fingerprint density at radius 2 is 0.733 bits per heavy atom. The second-order valence-corrected chi connectivity index (χ2v) is 25.3. The highest BCUT2D eigenvalue weighted by molar-refractivity contribution is 5.76. The third-order valence-corrected chi connectivity index (χ3v) is 17.9. The maximum atomic E-state index is 13.4. The maximum Gasteiger partial charge on any atom is 0.220 e. The van der Waals surface area contributed by atoms with Gasteiger partial charge in [0.2, 0.25) is 5.91 Å². The van der Waals surface area contributed by atoms with Gasteiger partial charge >= 0.3 is 0 Å². The Bertz CT molecular complexity index is 1860. The van der Waals surface area contributed by atoms with E-state index >= 15 is 0 Å². The van der Waals surface area contributed by atoms with E-state index in [2.05, 4.69) is 31.3 Å². The number of nitrogens with one attached hydrogen (secondary N) is 1. The van der Waals surface area contributed by atoms with Crippen molar-refractivity contribution >= 4 is 5.91 Å². The summed E-state index contributed by atoms with van der Waals surface area (Å²) in [6, 6.07) is -1.01. The smallest absolute Gasteiger partial charge is 0.220 e. The molecule has 90 heavy (non-hydrogen) atoms. The first-order chi connectivity index (χ1) is 43.6. The molecule has 24 heteroatoms. The molecule has 4 aliphatic rings. The second kappa shape index (κ2) is 47.1. The second-order valence-electron chi connectivity index (χ2n) is 25.3. The molecule has 0 aliphatic carbocycles. The highest BCUT2D eigenvalue weighted by Crippen LogP contribution is 2.35. The molecule has 4 saturated heterocycles. The standard InChI is InChI=1S/C66H121NO23/c1-3-5-7-9-11-13-15-17-18-19-20-21-22-23-24-26-28-30-32-34-36-38-50(73)67-44(45(72)37-35-33-31-29-27-25-16-14-12-10-8-6-4-2)43-83-63-57(80)54(77)60(48(41-70)86-63)88-65-58(81)55(78)61(49(42-71)87-65)89-66-59(82)62(52(75)47(40-69)85-66)90-64-56(79)53(76)51(74)46(39-68)84-64/h17-18,35,37,44-49,51-66,68-72,74-82H,3-16,19-34,36,38-43H2,1-2H3,(H,67,73)/b18-17-,37-35+/t44-,45+,46?,47?,48?,49?,51-,52-,53-,54+,55+,56?,57?,58?,59?,60+,61-,62-,63+,64+,65-,66-/m0/s1. The Kier molecular flexibility index (Phi) is 42.1. The Morgan fingerprint density at radius 3 is 1.18 bits per heavy atom. The van der Waals surface area contributed by atoms with E-state index in [1.54, 1.807) is 6.08 Å². The van der Waals surface area contributed by atoms with Crippen LogP contribution >= 0.6 is 0 Å². The highest BCUT2D eigenvalue weighted by Gasteiger charge is 2.55. The molecule has 4 aliphatic heterocycles. The third kappa shape index (κ3) is 28.0. The van der Waals surface area contributed by atoms with Crippen molar-refractivity contribution in [3.63, 3.8) is 0 Å². The minimum absolute atomic E-state index is 0.217. The van der Waals surface area contributed by atoms with E-state index in [0.717, 1.165) is 44.9 Å². The van der Waals surface area contributed by atoms with E-state index in [-0.39, 0.29) is 12.3 Å². The zero-order valence-electron chi connectivity index (χ0n) is 54.1. The van der Waals surface area contributed by atoms with Crippen LogP contribution in [0.3, 0.4) is 0 Å². The van der Waals surface area contributed by atoms with Crippen molar-refractivity contribution in [1.29, 1.82) is 0 Å². The lowest BCUT2D eigenvalue weighted by Gasteiger charge is -2.49. The van der Waals surface area contributed by atoms with E-state index < -0.39 is 168 Å². The quantitative estimate of drug-likeness (QED) is 0.0304. The summed E-state index contributed by atoms with van der Waals surface area (Å²) in [5, 5.41) is 154. The van der Waals surface area contributed by atoms with Gasteiger partial charge in [-0.1, -0.05) is 192 Å². The lowest BCUT2D eigenvalue weighted by atomic mass is 9.95. The van der Waals surface area contributed by atoms with E-state index in [1.165, 1.54) is 141 Å². The number of carbonyl (C=O) groups is 1. The van der Waals surface area contributed by atoms with Crippen LogP contribution in [0.5, 0.6) is 0 Å². The molecular formula is C66H121NO23. The van der Waals surface area contributed by atoms with Gasteiger partial charge in [0.05, 0.1) is 45.2 Å². The molecule has 0 radical (unpaired) electrons. The SMILES string of the molecule is CCCCCCCC/C=C\CCCCCCCCCCCCCC(=O)N[C@@H](CO[C@@H]1OC(CO)[C@@H](O[C@@H]2OC(CO)[C@H](O[C@@H]3OC(CO)[C@H](O)[C@H](O[C@H]4OC(CO)[C@H](O)[C@H](O)C4O)C3O)[C@H](O)C2O)[C@H](O)C1O)[C@H](O)/C=C/CCCCCCCCCCCCC. The van der Waals surface area contributed by atoms with Gasteiger partial charge in [-0.05, 0) is 44.9 Å². The van der Waals surface area contributed by atoms with Crippen LogP contribution in [0.2, 0.25) is 0 Å². The van der Waals surface area contributed by atoms with Crippen LogP contribution in [0.4, 0.5) is 0 Å². The summed E-state index contributed by atoms with van der Waals surface area (Å²) in [4.78, 5) is 13.4. The minimum atomic E-state index is -2.09. The zero-order chi connectivity index (χ0) is 65.6. The van der Waals surface area contributed by atoms with Crippen LogP contribution in [0.1, 0.15) is 219 Å². The molecule has 0 aromatic rings. The van der Waals surface area contributed by atoms with Gasteiger partial charge in [-0.3, -0.25) is 4.79 Å². The number of hydrogen-bond acceptors (Lipinski definition) is 23. The number of allylic oxidation sites excluding steroid dienone is 3. The fourth-order valence-electron chi connectivity index (χ4n) is 12.1. The van der Waals surface area contributed by atoms with Crippen LogP contribution in [0, 0.1) is 0 Å². The van der Waals surface area contributed by atoms with Gasteiger partial charge in [-0.15, -0.1) is 0 Å². The molecule has 8 unspecified atom stereocenters. The molecule has 1 amide bonds. The van der Waals surface area contributed by atoms with Gasteiger partial charge < -0.3 is 115 Å². The Balaban J connectivity index is 1.27. The van der Waals surface area contributed by atoms with Gasteiger partial charge in [0, 0.05) is 6.42 Å². The van der Waals surface area contributed by atoms with Gasteiger partial charge in [-0.2, -0.15) is 0 Å². The predicted octanol–water partition coefficient (Wildman–Crippen LogP) is 3.76. The molecule has 15 N–H and O–H groups in total. The summed E-state index contributed by atoms with van der Waals surface area (Å²) in [5.74, 6) is -0.302. The topological polar surface area (TPSA) is 386 Å². The predicted molar refractivity (Wildman–Crippen MR) is 333 cm³/mol.